The van der Waals surface area contributed by atoms with Gasteiger partial charge in [-0.2, -0.15) is 0 Å². The number of benzene rings is 9. The quantitative estimate of drug-likeness (QED) is 0.150. The molecule has 1 aliphatic rings. The van der Waals surface area contributed by atoms with Crippen LogP contribution < -0.4 is 0 Å². The van der Waals surface area contributed by atoms with Gasteiger partial charge in [0.1, 0.15) is 0 Å². The fourth-order valence-corrected chi connectivity index (χ4v) is 9.09. The summed E-state index contributed by atoms with van der Waals surface area (Å²) < 4.78 is 0. The Morgan fingerprint density at radius 3 is 1.90 bits per heavy atom. The standard InChI is InChI=1S/C57H42N2/c1-57(2)52-29-15-28-48(55(52)51-33-30-39-18-9-10-26-49(39)56(51)57)43-23-14-22-42(35-43)47-32-31-45(46-25-11-12-27-50(46)47)37-59-54(36-53(58)40-19-7-4-8-20-40)44-24-13-21-41(34-44)38-16-5-3-6-17-38/h3-37,58H,1-2H3/b54-36-,58-53?,59-37?. The predicted octanol–water partition coefficient (Wildman–Crippen LogP) is 14.8. The van der Waals surface area contributed by atoms with Gasteiger partial charge < -0.3 is 5.41 Å². The molecule has 0 radical (unpaired) electrons. The highest BCUT2D eigenvalue weighted by molar-refractivity contribution is 6.12. The molecule has 0 saturated carbocycles. The van der Waals surface area contributed by atoms with Gasteiger partial charge in [0.15, 0.2) is 0 Å². The van der Waals surface area contributed by atoms with Crippen molar-refractivity contribution in [3.05, 3.63) is 234 Å². The zero-order chi connectivity index (χ0) is 39.9. The van der Waals surface area contributed by atoms with Crippen LogP contribution in [0.5, 0.6) is 0 Å². The van der Waals surface area contributed by atoms with Crippen molar-refractivity contribution >= 4 is 39.2 Å². The maximum atomic E-state index is 9.02. The third-order valence-electron chi connectivity index (χ3n) is 12.0. The summed E-state index contributed by atoms with van der Waals surface area (Å²) in [6.45, 7) is 4.74. The van der Waals surface area contributed by atoms with E-state index in [0.717, 1.165) is 38.9 Å². The number of fused-ring (bicyclic) bond motifs is 6. The molecular weight excluding hydrogens is 713 g/mol. The minimum Gasteiger partial charge on any atom is -0.300 e. The summed E-state index contributed by atoms with van der Waals surface area (Å²) in [6.07, 6.45) is 3.83. The number of hydrogen-bond acceptors (Lipinski definition) is 2. The fraction of sp³-hybridized carbons (Fsp3) is 0.0526. The summed E-state index contributed by atoms with van der Waals surface area (Å²) in [5, 5.41) is 13.9. The van der Waals surface area contributed by atoms with Crippen LogP contribution in [0.3, 0.4) is 0 Å². The first-order valence-electron chi connectivity index (χ1n) is 20.3. The van der Waals surface area contributed by atoms with Crippen LogP contribution in [0.25, 0.3) is 71.7 Å². The summed E-state index contributed by atoms with van der Waals surface area (Å²) in [5.74, 6) is 0. The monoisotopic (exact) mass is 754 g/mol. The Bertz CT molecular complexity index is 3130. The minimum absolute atomic E-state index is 0.117. The molecule has 9 aromatic carbocycles. The van der Waals surface area contributed by atoms with Crippen LogP contribution in [0.4, 0.5) is 0 Å². The van der Waals surface area contributed by atoms with Crippen molar-refractivity contribution in [2.24, 2.45) is 4.99 Å². The molecule has 0 saturated heterocycles. The van der Waals surface area contributed by atoms with E-state index < -0.39 is 0 Å². The molecule has 2 nitrogen and oxygen atoms in total. The number of aliphatic imine (C=N–C) groups is 1. The molecule has 0 spiro atoms. The van der Waals surface area contributed by atoms with E-state index in [4.69, 9.17) is 10.4 Å². The molecule has 0 aliphatic heterocycles. The summed E-state index contributed by atoms with van der Waals surface area (Å²) >= 11 is 0. The lowest BCUT2D eigenvalue weighted by Crippen LogP contribution is -2.15. The molecule has 0 heterocycles. The first-order valence-corrected chi connectivity index (χ1v) is 20.3. The SMILES string of the molecule is CC1(C)c2cccc(-c3cccc(-c4ccc(C=N/C(=C\C(=N)c5ccccc5)c5cccc(-c6ccccc6)c5)c5ccccc45)c3)c2-c2ccc3ccccc3c21. The van der Waals surface area contributed by atoms with Gasteiger partial charge in [-0.15, -0.1) is 0 Å². The van der Waals surface area contributed by atoms with Crippen LogP contribution >= 0.6 is 0 Å². The van der Waals surface area contributed by atoms with Crippen LogP contribution in [-0.2, 0) is 5.41 Å². The molecule has 1 aliphatic carbocycles. The van der Waals surface area contributed by atoms with Gasteiger partial charge in [0, 0.05) is 22.8 Å². The van der Waals surface area contributed by atoms with Crippen molar-refractivity contribution in [1.82, 2.24) is 0 Å². The largest absolute Gasteiger partial charge is 0.300 e. The molecule has 59 heavy (non-hydrogen) atoms. The minimum atomic E-state index is -0.117. The molecule has 1 N–H and O–H groups in total. The Morgan fingerprint density at radius 2 is 1.08 bits per heavy atom. The van der Waals surface area contributed by atoms with Crippen molar-refractivity contribution in [3.63, 3.8) is 0 Å². The average molecular weight is 755 g/mol. The van der Waals surface area contributed by atoms with Crippen molar-refractivity contribution in [3.8, 4) is 44.5 Å². The lowest BCUT2D eigenvalue weighted by Gasteiger charge is -2.23. The van der Waals surface area contributed by atoms with Gasteiger partial charge in [-0.05, 0) is 101 Å². The van der Waals surface area contributed by atoms with Gasteiger partial charge >= 0.3 is 0 Å². The Balaban J connectivity index is 1.05. The molecule has 0 atom stereocenters. The van der Waals surface area contributed by atoms with Crippen molar-refractivity contribution in [1.29, 1.82) is 5.41 Å². The number of rotatable bonds is 8. The first kappa shape index (κ1) is 36.0. The normalized spacial score (nSPS) is 13.2. The zero-order valence-corrected chi connectivity index (χ0v) is 33.2. The Hall–Kier alpha value is -7.42. The lowest BCUT2D eigenvalue weighted by molar-refractivity contribution is 0.666. The zero-order valence-electron chi connectivity index (χ0n) is 33.2. The van der Waals surface area contributed by atoms with E-state index in [-0.39, 0.29) is 5.41 Å². The van der Waals surface area contributed by atoms with E-state index in [1.54, 1.807) is 0 Å². The maximum Gasteiger partial charge on any atom is 0.0723 e. The highest BCUT2D eigenvalue weighted by Gasteiger charge is 2.38. The third-order valence-corrected chi connectivity index (χ3v) is 12.0. The number of hydrogen-bond donors (Lipinski definition) is 1. The smallest absolute Gasteiger partial charge is 0.0723 e. The van der Waals surface area contributed by atoms with Gasteiger partial charge in [0.05, 0.1) is 11.4 Å². The Morgan fingerprint density at radius 1 is 0.475 bits per heavy atom. The van der Waals surface area contributed by atoms with Crippen molar-refractivity contribution in [2.75, 3.05) is 0 Å². The summed E-state index contributed by atoms with van der Waals surface area (Å²) in [7, 11) is 0. The van der Waals surface area contributed by atoms with E-state index in [2.05, 4.69) is 178 Å². The van der Waals surface area contributed by atoms with E-state index in [1.807, 2.05) is 48.7 Å². The summed E-state index contributed by atoms with van der Waals surface area (Å²) in [5.41, 5.74) is 16.4. The van der Waals surface area contributed by atoms with E-state index in [9.17, 15) is 0 Å². The molecule has 0 amide bonds. The molecule has 280 valence electrons. The van der Waals surface area contributed by atoms with E-state index in [0.29, 0.717) is 5.71 Å². The maximum absolute atomic E-state index is 9.02. The number of allylic oxidation sites excluding steroid dienone is 1. The molecule has 2 heteroatoms. The van der Waals surface area contributed by atoms with Gasteiger partial charge in [0.25, 0.3) is 0 Å². The van der Waals surface area contributed by atoms with Crippen LogP contribution in [0, 0.1) is 5.41 Å². The Kier molecular flexibility index (Phi) is 9.03. The van der Waals surface area contributed by atoms with Gasteiger partial charge in [0.2, 0.25) is 0 Å². The van der Waals surface area contributed by atoms with Crippen LogP contribution in [0.15, 0.2) is 211 Å². The number of nitrogens with one attached hydrogen (secondary N) is 1. The average Bonchev–Trinajstić information content (AvgIpc) is 3.54. The van der Waals surface area contributed by atoms with Gasteiger partial charge in [-0.25, -0.2) is 0 Å². The molecule has 9 aromatic rings. The summed E-state index contributed by atoms with van der Waals surface area (Å²) in [6, 6.07) is 70.9. The second-order valence-electron chi connectivity index (χ2n) is 15.9. The predicted molar refractivity (Wildman–Crippen MR) is 251 cm³/mol. The first-order chi connectivity index (χ1) is 28.9. The van der Waals surface area contributed by atoms with Gasteiger partial charge in [-0.1, -0.05) is 202 Å². The Labute approximate surface area is 346 Å². The van der Waals surface area contributed by atoms with Crippen molar-refractivity contribution in [2.45, 2.75) is 19.3 Å². The molecular formula is C57H42N2. The summed E-state index contributed by atoms with van der Waals surface area (Å²) in [4.78, 5) is 5.15. The van der Waals surface area contributed by atoms with Crippen LogP contribution in [0.2, 0.25) is 0 Å². The molecule has 0 bridgehead atoms. The van der Waals surface area contributed by atoms with E-state index in [1.165, 1.54) is 60.7 Å². The van der Waals surface area contributed by atoms with E-state index >= 15 is 0 Å². The number of nitrogens with zero attached hydrogens (tertiary/aromatic N) is 1. The fourth-order valence-electron chi connectivity index (χ4n) is 9.09. The third kappa shape index (κ3) is 6.49. The lowest BCUT2D eigenvalue weighted by atomic mass is 9.80. The van der Waals surface area contributed by atoms with Crippen molar-refractivity contribution < 1.29 is 0 Å². The molecule has 10 rings (SSSR count). The van der Waals surface area contributed by atoms with Crippen LogP contribution in [-0.4, -0.2) is 11.9 Å². The topological polar surface area (TPSA) is 36.2 Å². The molecule has 0 fully saturated rings. The molecule has 0 unspecified atom stereocenters. The van der Waals surface area contributed by atoms with Gasteiger partial charge in [-0.3, -0.25) is 4.99 Å². The highest BCUT2D eigenvalue weighted by atomic mass is 14.7. The second kappa shape index (κ2) is 14.8. The van der Waals surface area contributed by atoms with Crippen LogP contribution in [0.1, 0.15) is 41.7 Å². The highest BCUT2D eigenvalue weighted by Crippen LogP contribution is 2.54. The second-order valence-corrected chi connectivity index (χ2v) is 15.9. The molecule has 0 aromatic heterocycles.